The fourth-order valence-corrected chi connectivity index (χ4v) is 2.22. The second-order valence-electron chi connectivity index (χ2n) is 3.44. The predicted octanol–water partition coefficient (Wildman–Crippen LogP) is 3.71. The molecule has 2 rings (SSSR count). The maximum Gasteiger partial charge on any atom is 0.348 e. The van der Waals surface area contributed by atoms with E-state index < -0.39 is 0 Å². The number of ether oxygens (including phenoxy) is 1. The van der Waals surface area contributed by atoms with Crippen molar-refractivity contribution in [2.45, 2.75) is 0 Å². The molecule has 0 saturated carbocycles. The highest BCUT2D eigenvalue weighted by Crippen LogP contribution is 2.19. The second-order valence-corrected chi connectivity index (χ2v) is 4.55. The molecule has 0 bridgehead atoms. The van der Waals surface area contributed by atoms with E-state index in [-0.39, 0.29) is 5.97 Å². The fraction of sp³-hybridized carbons (Fsp3) is 0.0714. The Hall–Kier alpha value is -1.87. The smallest absolute Gasteiger partial charge is 0.348 e. The van der Waals surface area contributed by atoms with E-state index in [4.69, 9.17) is 0 Å². The number of esters is 1. The molecule has 0 fully saturated rings. The molecule has 1 heterocycles. The molecule has 3 heteroatoms. The fourth-order valence-electron chi connectivity index (χ4n) is 1.40. The number of methoxy groups -OCH3 is 1. The lowest BCUT2D eigenvalue weighted by Crippen LogP contribution is -1.96. The topological polar surface area (TPSA) is 26.3 Å². The van der Waals surface area contributed by atoms with Crippen LogP contribution in [0.1, 0.15) is 20.1 Å². The van der Waals surface area contributed by atoms with Gasteiger partial charge in [0.15, 0.2) is 0 Å². The molecule has 0 spiro atoms. The zero-order valence-corrected chi connectivity index (χ0v) is 10.2. The lowest BCUT2D eigenvalue weighted by atomic mass is 10.2. The van der Waals surface area contributed by atoms with Gasteiger partial charge in [-0.2, -0.15) is 0 Å². The van der Waals surface area contributed by atoms with Gasteiger partial charge in [0, 0.05) is 4.88 Å². The first kappa shape index (κ1) is 11.6. The molecule has 0 saturated heterocycles. The van der Waals surface area contributed by atoms with Crippen LogP contribution in [0.4, 0.5) is 0 Å². The number of hydrogen-bond donors (Lipinski definition) is 0. The highest BCUT2D eigenvalue weighted by Gasteiger charge is 2.06. The first-order valence-electron chi connectivity index (χ1n) is 5.21. The number of carbonyl (C=O) groups excluding carboxylic acids is 1. The van der Waals surface area contributed by atoms with Gasteiger partial charge in [0.05, 0.1) is 7.11 Å². The summed E-state index contributed by atoms with van der Waals surface area (Å²) in [7, 11) is 1.39. The van der Waals surface area contributed by atoms with Gasteiger partial charge in [-0.15, -0.1) is 11.3 Å². The maximum absolute atomic E-state index is 11.3. The van der Waals surface area contributed by atoms with Crippen molar-refractivity contribution in [2.24, 2.45) is 0 Å². The van der Waals surface area contributed by atoms with Crippen LogP contribution in [0.5, 0.6) is 0 Å². The molecule has 0 aliphatic rings. The van der Waals surface area contributed by atoms with Crippen LogP contribution in [0.2, 0.25) is 0 Å². The standard InChI is InChI=1S/C14H12O2S/c1-16-14(15)13-10-9-12(17-13)8-7-11-5-3-2-4-6-11/h2-10H,1H3/b8-7+. The molecule has 0 aliphatic carbocycles. The first-order valence-corrected chi connectivity index (χ1v) is 6.02. The molecule has 0 N–H and O–H groups in total. The van der Waals surface area contributed by atoms with Crippen LogP contribution < -0.4 is 0 Å². The third kappa shape index (κ3) is 3.04. The molecule has 2 nitrogen and oxygen atoms in total. The monoisotopic (exact) mass is 244 g/mol. The molecular formula is C14H12O2S. The Bertz CT molecular complexity index is 526. The minimum atomic E-state index is -0.283. The van der Waals surface area contributed by atoms with Gasteiger partial charge in [-0.1, -0.05) is 36.4 Å². The number of carbonyl (C=O) groups is 1. The summed E-state index contributed by atoms with van der Waals surface area (Å²) in [5.41, 5.74) is 1.14. The summed E-state index contributed by atoms with van der Waals surface area (Å²) in [4.78, 5) is 12.9. The maximum atomic E-state index is 11.3. The SMILES string of the molecule is COC(=O)c1ccc(/C=C/c2ccccc2)s1. The Morgan fingerprint density at radius 3 is 2.59 bits per heavy atom. The van der Waals surface area contributed by atoms with Crippen LogP contribution in [0.15, 0.2) is 42.5 Å². The molecule has 1 aromatic carbocycles. The minimum Gasteiger partial charge on any atom is -0.465 e. The largest absolute Gasteiger partial charge is 0.465 e. The number of rotatable bonds is 3. The van der Waals surface area contributed by atoms with Crippen molar-refractivity contribution in [1.82, 2.24) is 0 Å². The Kier molecular flexibility index (Phi) is 3.73. The van der Waals surface area contributed by atoms with Gasteiger partial charge < -0.3 is 4.74 Å². The number of hydrogen-bond acceptors (Lipinski definition) is 3. The lowest BCUT2D eigenvalue weighted by molar-refractivity contribution is 0.0606. The summed E-state index contributed by atoms with van der Waals surface area (Å²) in [6.45, 7) is 0. The first-order chi connectivity index (χ1) is 8.29. The van der Waals surface area contributed by atoms with Gasteiger partial charge in [-0.05, 0) is 23.8 Å². The molecule has 1 aromatic heterocycles. The van der Waals surface area contributed by atoms with Crippen LogP contribution in [-0.2, 0) is 4.74 Å². The van der Waals surface area contributed by atoms with E-state index in [0.29, 0.717) is 4.88 Å². The molecule has 0 atom stereocenters. The van der Waals surface area contributed by atoms with E-state index in [1.165, 1.54) is 18.4 Å². The van der Waals surface area contributed by atoms with Gasteiger partial charge >= 0.3 is 5.97 Å². The molecular weight excluding hydrogens is 232 g/mol. The Morgan fingerprint density at radius 1 is 1.12 bits per heavy atom. The van der Waals surface area contributed by atoms with E-state index in [2.05, 4.69) is 4.74 Å². The molecule has 0 amide bonds. The zero-order chi connectivity index (χ0) is 12.1. The summed E-state index contributed by atoms with van der Waals surface area (Å²) in [5.74, 6) is -0.283. The Labute approximate surface area is 104 Å². The Morgan fingerprint density at radius 2 is 1.88 bits per heavy atom. The average molecular weight is 244 g/mol. The third-order valence-electron chi connectivity index (χ3n) is 2.25. The average Bonchev–Trinajstić information content (AvgIpc) is 2.85. The van der Waals surface area contributed by atoms with Gasteiger partial charge in [0.2, 0.25) is 0 Å². The highest BCUT2D eigenvalue weighted by molar-refractivity contribution is 7.14. The molecule has 0 unspecified atom stereocenters. The van der Waals surface area contributed by atoms with Crippen LogP contribution >= 0.6 is 11.3 Å². The summed E-state index contributed by atoms with van der Waals surface area (Å²) in [6.07, 6.45) is 4.01. The highest BCUT2D eigenvalue weighted by atomic mass is 32.1. The van der Waals surface area contributed by atoms with E-state index >= 15 is 0 Å². The molecule has 0 aliphatic heterocycles. The molecule has 2 aromatic rings. The molecule has 17 heavy (non-hydrogen) atoms. The quantitative estimate of drug-likeness (QED) is 0.769. The predicted molar refractivity (Wildman–Crippen MR) is 71.0 cm³/mol. The molecule has 86 valence electrons. The van der Waals surface area contributed by atoms with Crippen LogP contribution in [0.25, 0.3) is 12.2 Å². The lowest BCUT2D eigenvalue weighted by Gasteiger charge is -1.92. The second kappa shape index (κ2) is 5.46. The van der Waals surface area contributed by atoms with Gasteiger partial charge in [0.1, 0.15) is 4.88 Å². The normalized spacial score (nSPS) is 10.6. The summed E-state index contributed by atoms with van der Waals surface area (Å²) < 4.78 is 4.66. The van der Waals surface area contributed by atoms with E-state index in [1.807, 2.05) is 48.6 Å². The van der Waals surface area contributed by atoms with Crippen molar-refractivity contribution in [2.75, 3.05) is 7.11 Å². The summed E-state index contributed by atoms with van der Waals surface area (Å²) >= 11 is 1.42. The van der Waals surface area contributed by atoms with E-state index in [1.54, 1.807) is 6.07 Å². The van der Waals surface area contributed by atoms with Crippen LogP contribution in [0, 0.1) is 0 Å². The van der Waals surface area contributed by atoms with Crippen molar-refractivity contribution in [3.05, 3.63) is 57.8 Å². The van der Waals surface area contributed by atoms with Crippen molar-refractivity contribution in [3.8, 4) is 0 Å². The summed E-state index contributed by atoms with van der Waals surface area (Å²) in [6, 6.07) is 13.7. The van der Waals surface area contributed by atoms with Gasteiger partial charge in [-0.25, -0.2) is 4.79 Å². The van der Waals surface area contributed by atoms with Gasteiger partial charge in [0.25, 0.3) is 0 Å². The molecule has 0 radical (unpaired) electrons. The number of thiophene rings is 1. The summed E-state index contributed by atoms with van der Waals surface area (Å²) in [5, 5.41) is 0. The number of benzene rings is 1. The van der Waals surface area contributed by atoms with Crippen molar-refractivity contribution in [3.63, 3.8) is 0 Å². The Balaban J connectivity index is 2.12. The third-order valence-corrected chi connectivity index (χ3v) is 3.28. The van der Waals surface area contributed by atoms with Crippen LogP contribution in [0.3, 0.4) is 0 Å². The van der Waals surface area contributed by atoms with Crippen molar-refractivity contribution >= 4 is 29.5 Å². The zero-order valence-electron chi connectivity index (χ0n) is 9.42. The minimum absolute atomic E-state index is 0.283. The van der Waals surface area contributed by atoms with Crippen molar-refractivity contribution < 1.29 is 9.53 Å². The van der Waals surface area contributed by atoms with Crippen molar-refractivity contribution in [1.29, 1.82) is 0 Å². The van der Waals surface area contributed by atoms with E-state index in [0.717, 1.165) is 10.4 Å². The van der Waals surface area contributed by atoms with Gasteiger partial charge in [-0.3, -0.25) is 0 Å². The van der Waals surface area contributed by atoms with E-state index in [9.17, 15) is 4.79 Å². The van der Waals surface area contributed by atoms with Crippen LogP contribution in [-0.4, -0.2) is 13.1 Å².